The van der Waals surface area contributed by atoms with E-state index in [1.165, 1.54) is 5.56 Å². The molecule has 0 saturated heterocycles. The smallest absolute Gasteiger partial charge is 0.407 e. The van der Waals surface area contributed by atoms with Crippen LogP contribution in [0.5, 0.6) is 5.75 Å². The third-order valence-corrected chi connectivity index (χ3v) is 6.10. The predicted octanol–water partition coefficient (Wildman–Crippen LogP) is 2.69. The number of hydrogen-bond donors (Lipinski definition) is 5. The maximum Gasteiger partial charge on any atom is 0.407 e. The summed E-state index contributed by atoms with van der Waals surface area (Å²) < 4.78 is 21.6. The molecular weight excluding hydrogens is 580 g/mol. The molecule has 0 aliphatic rings. The SMILES string of the molecule is CCCCCNC(=O)OCCOCCOCCOc1ccc(CCCCN=C(N)NC(=O)c2nc(Cl)c(N)nc2N)cc1. The molecule has 0 radical (unpaired) electrons. The standard InChI is InChI=1S/C28H43ClN8O6/c1-2-3-5-13-34-28(39)43-19-17-41-15-14-40-16-18-42-21-10-8-20(9-11-21)7-4-6-12-33-27(32)37-26(38)22-24(30)36-25(31)23(29)35-22/h8-11H,2-7,12-19H2,1H3,(H,34,39)(H4,30,31,36)(H3,32,33,37,38). The number of nitrogens with zero attached hydrogens (tertiary/aromatic N) is 3. The van der Waals surface area contributed by atoms with Gasteiger partial charge in [0.1, 0.15) is 19.0 Å². The number of aryl methyl sites for hydroxylation is 1. The third-order valence-electron chi connectivity index (χ3n) is 5.82. The Morgan fingerprint density at radius 2 is 1.60 bits per heavy atom. The van der Waals surface area contributed by atoms with Crippen LogP contribution in [0, 0.1) is 0 Å². The molecule has 0 unspecified atom stereocenters. The first-order valence-electron chi connectivity index (χ1n) is 14.3. The highest BCUT2D eigenvalue weighted by Gasteiger charge is 2.16. The van der Waals surface area contributed by atoms with Crippen molar-refractivity contribution in [2.24, 2.45) is 10.7 Å². The fourth-order valence-corrected chi connectivity index (χ4v) is 3.69. The monoisotopic (exact) mass is 622 g/mol. The second-order valence-electron chi connectivity index (χ2n) is 9.30. The molecule has 0 saturated carbocycles. The minimum Gasteiger partial charge on any atom is -0.491 e. The van der Waals surface area contributed by atoms with Crippen LogP contribution >= 0.6 is 11.6 Å². The molecule has 0 fully saturated rings. The van der Waals surface area contributed by atoms with Gasteiger partial charge in [0.2, 0.25) is 0 Å². The van der Waals surface area contributed by atoms with Crippen LogP contribution in [0.2, 0.25) is 5.15 Å². The molecule has 0 aliphatic heterocycles. The van der Waals surface area contributed by atoms with Crippen molar-refractivity contribution in [2.75, 3.05) is 64.2 Å². The van der Waals surface area contributed by atoms with Crippen LogP contribution in [0.4, 0.5) is 16.4 Å². The number of alkyl carbamates (subject to hydrolysis) is 1. The first-order chi connectivity index (χ1) is 20.8. The van der Waals surface area contributed by atoms with E-state index < -0.39 is 12.0 Å². The molecule has 1 aromatic heterocycles. The van der Waals surface area contributed by atoms with Gasteiger partial charge in [0.15, 0.2) is 28.4 Å². The molecule has 0 aliphatic carbocycles. The number of rotatable bonds is 20. The van der Waals surface area contributed by atoms with E-state index in [2.05, 4.69) is 32.5 Å². The van der Waals surface area contributed by atoms with Crippen LogP contribution < -0.4 is 32.6 Å². The summed E-state index contributed by atoms with van der Waals surface area (Å²) in [5, 5.41) is 4.99. The number of guanidine groups is 1. The lowest BCUT2D eigenvalue weighted by Crippen LogP contribution is -2.38. The number of nitrogens with one attached hydrogen (secondary N) is 2. The van der Waals surface area contributed by atoms with E-state index >= 15 is 0 Å². The molecule has 1 heterocycles. The molecule has 0 spiro atoms. The van der Waals surface area contributed by atoms with Gasteiger partial charge in [-0.1, -0.05) is 43.5 Å². The fourth-order valence-electron chi connectivity index (χ4n) is 3.57. The van der Waals surface area contributed by atoms with Crippen LogP contribution in [0.25, 0.3) is 0 Å². The summed E-state index contributed by atoms with van der Waals surface area (Å²) in [7, 11) is 0. The normalized spacial score (nSPS) is 11.3. The van der Waals surface area contributed by atoms with Gasteiger partial charge in [0, 0.05) is 13.1 Å². The quantitative estimate of drug-likeness (QED) is 0.0822. The van der Waals surface area contributed by atoms with Crippen LogP contribution in [0.1, 0.15) is 55.1 Å². The molecule has 1 aromatic carbocycles. The van der Waals surface area contributed by atoms with E-state index in [4.69, 9.17) is 47.7 Å². The lowest BCUT2D eigenvalue weighted by atomic mass is 10.1. The number of anilines is 2. The van der Waals surface area contributed by atoms with Gasteiger partial charge < -0.3 is 41.5 Å². The van der Waals surface area contributed by atoms with Gasteiger partial charge in [0.05, 0.1) is 26.4 Å². The average molecular weight is 623 g/mol. The lowest BCUT2D eigenvalue weighted by molar-refractivity contribution is 0.0209. The second kappa shape index (κ2) is 20.9. The number of aromatic nitrogens is 2. The van der Waals surface area contributed by atoms with Crippen LogP contribution in [0.15, 0.2) is 29.3 Å². The number of benzene rings is 1. The number of hydrogen-bond acceptors (Lipinski definition) is 11. The van der Waals surface area contributed by atoms with Gasteiger partial charge in [-0.15, -0.1) is 0 Å². The highest BCUT2D eigenvalue weighted by molar-refractivity contribution is 6.31. The molecule has 2 aromatic rings. The van der Waals surface area contributed by atoms with Gasteiger partial charge in [-0.25, -0.2) is 14.8 Å². The van der Waals surface area contributed by atoms with E-state index in [1.54, 1.807) is 0 Å². The van der Waals surface area contributed by atoms with Crippen molar-refractivity contribution >= 4 is 41.2 Å². The number of aliphatic imine (C=N–C) groups is 1. The minimum atomic E-state index is -0.672. The number of nitrogen functional groups attached to an aromatic ring is 2. The summed E-state index contributed by atoms with van der Waals surface area (Å²) in [5.74, 6) is -0.190. The number of carbonyl (C=O) groups is 2. The van der Waals surface area contributed by atoms with Crippen molar-refractivity contribution in [3.63, 3.8) is 0 Å². The zero-order valence-electron chi connectivity index (χ0n) is 24.6. The van der Waals surface area contributed by atoms with Crippen LogP contribution in [-0.2, 0) is 20.6 Å². The topological polar surface area (TPSA) is 211 Å². The molecule has 8 N–H and O–H groups in total. The Morgan fingerprint density at radius 1 is 0.907 bits per heavy atom. The van der Waals surface area contributed by atoms with Crippen molar-refractivity contribution in [3.8, 4) is 5.75 Å². The first-order valence-corrected chi connectivity index (χ1v) is 14.7. The van der Waals surface area contributed by atoms with E-state index in [0.717, 1.165) is 44.3 Å². The highest BCUT2D eigenvalue weighted by Crippen LogP contribution is 2.17. The third kappa shape index (κ3) is 15.2. The Bertz CT molecular complexity index is 1150. The Balaban J connectivity index is 1.48. The minimum absolute atomic E-state index is 0.0546. The zero-order valence-corrected chi connectivity index (χ0v) is 25.4. The van der Waals surface area contributed by atoms with Crippen molar-refractivity contribution in [3.05, 3.63) is 40.7 Å². The number of unbranched alkanes of at least 4 members (excludes halogenated alkanes) is 3. The largest absolute Gasteiger partial charge is 0.491 e. The van der Waals surface area contributed by atoms with Crippen LogP contribution in [0.3, 0.4) is 0 Å². The molecule has 14 nitrogen and oxygen atoms in total. The Labute approximate surface area is 257 Å². The Hall–Kier alpha value is -3.88. The maximum atomic E-state index is 12.3. The zero-order chi connectivity index (χ0) is 31.3. The Kier molecular flexibility index (Phi) is 17.2. The van der Waals surface area contributed by atoms with Crippen LogP contribution in [-0.4, -0.2) is 80.7 Å². The van der Waals surface area contributed by atoms with Gasteiger partial charge in [-0.2, -0.15) is 0 Å². The molecule has 0 bridgehead atoms. The molecule has 43 heavy (non-hydrogen) atoms. The number of nitrogens with two attached hydrogens (primary N) is 3. The average Bonchev–Trinajstić information content (AvgIpc) is 2.98. The lowest BCUT2D eigenvalue weighted by Gasteiger charge is -2.09. The first kappa shape index (κ1) is 35.3. The van der Waals surface area contributed by atoms with Gasteiger partial charge >= 0.3 is 6.09 Å². The van der Waals surface area contributed by atoms with E-state index in [0.29, 0.717) is 46.1 Å². The van der Waals surface area contributed by atoms with Crippen molar-refractivity contribution in [1.29, 1.82) is 0 Å². The summed E-state index contributed by atoms with van der Waals surface area (Å²) in [6.45, 7) is 5.38. The fraction of sp³-hybridized carbons (Fsp3) is 0.536. The van der Waals surface area contributed by atoms with Crippen molar-refractivity contribution in [2.45, 2.75) is 45.4 Å². The van der Waals surface area contributed by atoms with Gasteiger partial charge in [-0.3, -0.25) is 15.1 Å². The summed E-state index contributed by atoms with van der Waals surface area (Å²) in [6.07, 6.45) is 5.23. The number of amides is 2. The van der Waals surface area contributed by atoms with Gasteiger partial charge in [0.25, 0.3) is 5.91 Å². The predicted molar refractivity (Wildman–Crippen MR) is 165 cm³/mol. The van der Waals surface area contributed by atoms with Gasteiger partial charge in [-0.05, 0) is 43.4 Å². The summed E-state index contributed by atoms with van der Waals surface area (Å²) in [4.78, 5) is 35.5. The van der Waals surface area contributed by atoms with Crippen molar-refractivity contribution in [1.82, 2.24) is 20.6 Å². The summed E-state index contributed by atoms with van der Waals surface area (Å²) >= 11 is 5.80. The molecular formula is C28H43ClN8O6. The van der Waals surface area contributed by atoms with E-state index in [9.17, 15) is 9.59 Å². The van der Waals surface area contributed by atoms with E-state index in [-0.39, 0.29) is 35.0 Å². The molecule has 2 amide bonds. The molecule has 238 valence electrons. The number of halogens is 1. The number of ether oxygens (including phenoxy) is 4. The second-order valence-corrected chi connectivity index (χ2v) is 9.66. The number of carbonyl (C=O) groups excluding carboxylic acids is 2. The van der Waals surface area contributed by atoms with Crippen molar-refractivity contribution < 1.29 is 28.5 Å². The molecule has 15 heteroatoms. The maximum absolute atomic E-state index is 12.3. The molecule has 0 atom stereocenters. The molecule has 2 rings (SSSR count). The summed E-state index contributed by atoms with van der Waals surface area (Å²) in [5.41, 5.74) is 17.9. The highest BCUT2D eigenvalue weighted by atomic mass is 35.5. The summed E-state index contributed by atoms with van der Waals surface area (Å²) in [6, 6.07) is 7.86. The Morgan fingerprint density at radius 3 is 2.33 bits per heavy atom. The van der Waals surface area contributed by atoms with E-state index in [1.807, 2.05) is 24.3 Å².